The highest BCUT2D eigenvalue weighted by atomic mass is 35.5. The van der Waals surface area contributed by atoms with Gasteiger partial charge in [-0.05, 0) is 64.3 Å². The molecule has 2 aliphatic rings. The Morgan fingerprint density at radius 3 is 2.76 bits per heavy atom. The summed E-state index contributed by atoms with van der Waals surface area (Å²) in [5.41, 5.74) is 1.41. The Hall–Kier alpha value is -3.17. The second-order valence-corrected chi connectivity index (χ2v) is 14.5. The summed E-state index contributed by atoms with van der Waals surface area (Å²) in [6.45, 7) is 6.68. The summed E-state index contributed by atoms with van der Waals surface area (Å²) >= 11 is 6.62. The normalized spacial score (nSPS) is 21.9. The smallest absolute Gasteiger partial charge is 0.410 e. The topological polar surface area (TPSA) is 165 Å². The van der Waals surface area contributed by atoms with E-state index in [1.807, 2.05) is 25.3 Å². The van der Waals surface area contributed by atoms with Crippen LogP contribution in [0.25, 0.3) is 11.0 Å². The fourth-order valence-corrected chi connectivity index (χ4v) is 6.68. The molecule has 2 fully saturated rings. The van der Waals surface area contributed by atoms with Crippen molar-refractivity contribution in [2.45, 2.75) is 83.0 Å². The summed E-state index contributed by atoms with van der Waals surface area (Å²) < 4.78 is 41.8. The van der Waals surface area contributed by atoms with E-state index in [9.17, 15) is 23.4 Å². The molecule has 2 aromatic heterocycles. The molecule has 4 heterocycles. The number of nitrogens with zero attached hydrogens (tertiary/aromatic N) is 4. The molecule has 1 aromatic carbocycles. The van der Waals surface area contributed by atoms with Crippen LogP contribution in [0.2, 0.25) is 5.02 Å². The number of phenolic OH excluding ortho intramolecular Hbond substituents is 1. The number of likely N-dealkylation sites (tertiary alicyclic amines) is 1. The van der Waals surface area contributed by atoms with Crippen LogP contribution in [0.4, 0.5) is 10.7 Å². The predicted molar refractivity (Wildman–Crippen MR) is 168 cm³/mol. The first kappa shape index (κ1) is 33.2. The van der Waals surface area contributed by atoms with Crippen LogP contribution in [0.5, 0.6) is 5.75 Å². The van der Waals surface area contributed by atoms with Gasteiger partial charge in [0, 0.05) is 50.0 Å². The molecule has 0 aliphatic carbocycles. The van der Waals surface area contributed by atoms with Gasteiger partial charge in [0.1, 0.15) is 22.5 Å². The number of ether oxygens (including phenoxy) is 2. The number of hydrogen-bond acceptors (Lipinski definition) is 11. The average Bonchev–Trinajstić information content (AvgIpc) is 3.43. The van der Waals surface area contributed by atoms with Crippen molar-refractivity contribution in [3.63, 3.8) is 0 Å². The third-order valence-electron chi connectivity index (χ3n) is 7.71. The van der Waals surface area contributed by atoms with Crippen LogP contribution in [-0.2, 0) is 30.2 Å². The van der Waals surface area contributed by atoms with Crippen LogP contribution in [0.1, 0.15) is 70.0 Å². The Morgan fingerprint density at radius 1 is 1.24 bits per heavy atom. The van der Waals surface area contributed by atoms with E-state index in [2.05, 4.69) is 10.3 Å². The first-order chi connectivity index (χ1) is 21.2. The van der Waals surface area contributed by atoms with Crippen LogP contribution in [0.3, 0.4) is 0 Å². The van der Waals surface area contributed by atoms with Crippen molar-refractivity contribution >= 4 is 44.8 Å². The van der Waals surface area contributed by atoms with Gasteiger partial charge in [-0.25, -0.2) is 9.78 Å². The lowest BCUT2D eigenvalue weighted by atomic mass is 10.1. The van der Waals surface area contributed by atoms with Crippen molar-refractivity contribution in [2.24, 2.45) is 0 Å². The van der Waals surface area contributed by atoms with Crippen molar-refractivity contribution < 1.29 is 37.1 Å². The minimum absolute atomic E-state index is 0.110. The van der Waals surface area contributed by atoms with Gasteiger partial charge in [-0.1, -0.05) is 11.6 Å². The number of aromatic hydroxyl groups is 1. The van der Waals surface area contributed by atoms with Gasteiger partial charge in [0.2, 0.25) is 5.95 Å². The Balaban J connectivity index is 1.42. The highest BCUT2D eigenvalue weighted by molar-refractivity contribution is 7.86. The number of nitrogens with one attached hydrogen (secondary N) is 1. The highest BCUT2D eigenvalue weighted by Gasteiger charge is 2.33. The maximum absolute atomic E-state index is 13.1. The van der Waals surface area contributed by atoms with Gasteiger partial charge in [0.05, 0.1) is 29.4 Å². The SMILES string of the molecule is CC(C)(C)OC(=O)N1CCCC[C@@H](n2c(NC(O)c3ccnc(CC4OCCC4OS(C)(=O)=O)c3)nc3ccc(O)c(Cl)c32)C1. The number of rotatable bonds is 8. The van der Waals surface area contributed by atoms with E-state index < -0.39 is 40.2 Å². The van der Waals surface area contributed by atoms with Gasteiger partial charge >= 0.3 is 6.09 Å². The lowest BCUT2D eigenvalue weighted by molar-refractivity contribution is 0.0238. The van der Waals surface area contributed by atoms with Gasteiger partial charge in [-0.3, -0.25) is 9.17 Å². The van der Waals surface area contributed by atoms with Crippen LogP contribution in [-0.4, -0.2) is 87.9 Å². The summed E-state index contributed by atoms with van der Waals surface area (Å²) in [7, 11) is -3.65. The maximum atomic E-state index is 13.1. The lowest BCUT2D eigenvalue weighted by Gasteiger charge is -2.30. The molecule has 4 atom stereocenters. The summed E-state index contributed by atoms with van der Waals surface area (Å²) in [5.74, 6) is 0.196. The summed E-state index contributed by atoms with van der Waals surface area (Å²) in [5, 5.41) is 25.0. The molecule has 1 amide bonds. The van der Waals surface area contributed by atoms with Crippen molar-refractivity contribution in [1.29, 1.82) is 0 Å². The van der Waals surface area contributed by atoms with Crippen molar-refractivity contribution in [1.82, 2.24) is 19.4 Å². The van der Waals surface area contributed by atoms with E-state index >= 15 is 0 Å². The van der Waals surface area contributed by atoms with E-state index in [1.54, 1.807) is 29.3 Å². The van der Waals surface area contributed by atoms with Gasteiger partial charge in [-0.2, -0.15) is 8.42 Å². The third kappa shape index (κ3) is 8.17. The number of benzene rings is 1. The number of fused-ring (bicyclic) bond motifs is 1. The summed E-state index contributed by atoms with van der Waals surface area (Å²) in [6, 6.07) is 6.18. The first-order valence-electron chi connectivity index (χ1n) is 14.9. The summed E-state index contributed by atoms with van der Waals surface area (Å²) in [6.07, 6.45) is 2.84. The molecule has 2 saturated heterocycles. The quantitative estimate of drug-likeness (QED) is 0.229. The molecule has 2 aliphatic heterocycles. The largest absolute Gasteiger partial charge is 0.506 e. The second-order valence-electron chi connectivity index (χ2n) is 12.5. The van der Waals surface area contributed by atoms with Crippen LogP contribution in [0, 0.1) is 0 Å². The minimum Gasteiger partial charge on any atom is -0.506 e. The average molecular weight is 666 g/mol. The number of phenols is 1. The van der Waals surface area contributed by atoms with E-state index in [1.165, 1.54) is 6.07 Å². The van der Waals surface area contributed by atoms with Crippen molar-refractivity contribution in [3.05, 3.63) is 46.7 Å². The Kier molecular flexibility index (Phi) is 9.80. The number of hydrogen-bond donors (Lipinski definition) is 3. The fraction of sp³-hybridized carbons (Fsp3) is 0.567. The van der Waals surface area contributed by atoms with Crippen LogP contribution >= 0.6 is 11.6 Å². The Labute approximate surface area is 267 Å². The molecule has 3 N–H and O–H groups in total. The number of carbonyl (C=O) groups is 1. The number of carbonyl (C=O) groups excluding carboxylic acids is 1. The minimum atomic E-state index is -3.65. The number of aliphatic hydroxyl groups excluding tert-OH is 1. The van der Waals surface area contributed by atoms with Gasteiger partial charge in [0.15, 0.2) is 6.23 Å². The zero-order valence-corrected chi connectivity index (χ0v) is 27.3. The molecule has 0 saturated carbocycles. The molecule has 0 radical (unpaired) electrons. The van der Waals surface area contributed by atoms with Crippen molar-refractivity contribution in [2.75, 3.05) is 31.3 Å². The molecule has 3 unspecified atom stereocenters. The lowest BCUT2D eigenvalue weighted by Crippen LogP contribution is -2.39. The Morgan fingerprint density at radius 2 is 2.02 bits per heavy atom. The van der Waals surface area contributed by atoms with Gasteiger partial charge in [-0.15, -0.1) is 0 Å². The van der Waals surface area contributed by atoms with E-state index in [0.29, 0.717) is 60.8 Å². The number of pyridine rings is 1. The number of anilines is 1. The van der Waals surface area contributed by atoms with Crippen molar-refractivity contribution in [3.8, 4) is 5.75 Å². The number of imidazole rings is 1. The number of aliphatic hydroxyl groups is 1. The van der Waals surface area contributed by atoms with Gasteiger partial charge < -0.3 is 34.5 Å². The van der Waals surface area contributed by atoms with Crippen LogP contribution in [0.15, 0.2) is 30.5 Å². The first-order valence-corrected chi connectivity index (χ1v) is 17.1. The molecule has 3 aromatic rings. The number of aromatic nitrogens is 3. The highest BCUT2D eigenvalue weighted by Crippen LogP contribution is 2.38. The standard InChI is InChI=1S/C30H40ClN5O8S/c1-30(2,3)43-29(39)35-13-6-5-7-20(17-35)36-26-21(8-9-22(37)25(26)31)33-28(36)34-27(38)18-10-12-32-19(15-18)16-24-23(11-14-42-24)44-45(4,40)41/h8-10,12,15,20,23-24,27,37-38H,5-7,11,13-14,16-17H2,1-4H3,(H,33,34)/t20-,23?,24?,27?/m1/s1. The Bertz CT molecular complexity index is 1640. The zero-order valence-electron chi connectivity index (χ0n) is 25.8. The molecule has 0 spiro atoms. The number of amides is 1. The number of halogens is 1. The predicted octanol–water partition coefficient (Wildman–Crippen LogP) is 4.53. The molecule has 45 heavy (non-hydrogen) atoms. The molecule has 13 nitrogen and oxygen atoms in total. The van der Waals surface area contributed by atoms with E-state index in [-0.39, 0.29) is 23.2 Å². The second kappa shape index (κ2) is 13.3. The summed E-state index contributed by atoms with van der Waals surface area (Å²) in [4.78, 5) is 23.8. The third-order valence-corrected chi connectivity index (χ3v) is 8.68. The molecule has 246 valence electrons. The zero-order chi connectivity index (χ0) is 32.5. The van der Waals surface area contributed by atoms with E-state index in [0.717, 1.165) is 19.1 Å². The monoisotopic (exact) mass is 665 g/mol. The molecule has 0 bridgehead atoms. The maximum Gasteiger partial charge on any atom is 0.410 e. The van der Waals surface area contributed by atoms with Gasteiger partial charge in [0.25, 0.3) is 10.1 Å². The molecule has 5 rings (SSSR count). The molecule has 15 heteroatoms. The fourth-order valence-electron chi connectivity index (χ4n) is 5.76. The van der Waals surface area contributed by atoms with E-state index in [4.69, 9.17) is 30.2 Å². The molecular formula is C30H40ClN5O8S. The van der Waals surface area contributed by atoms with Crippen LogP contribution < -0.4 is 5.32 Å². The molecular weight excluding hydrogens is 626 g/mol.